The molecule has 1 aromatic heterocycles. The molecule has 23 heavy (non-hydrogen) atoms. The van der Waals surface area contributed by atoms with E-state index in [1.54, 1.807) is 6.20 Å². The molecular weight excluding hydrogens is 334 g/mol. The molecule has 0 bridgehead atoms. The average molecular weight is 354 g/mol. The Morgan fingerprint density at radius 2 is 2.17 bits per heavy atom. The van der Waals surface area contributed by atoms with Crippen molar-refractivity contribution in [3.05, 3.63) is 41.4 Å². The molecule has 0 aliphatic heterocycles. The Morgan fingerprint density at radius 3 is 2.87 bits per heavy atom. The van der Waals surface area contributed by atoms with E-state index in [0.717, 1.165) is 12.0 Å². The number of amides is 1. The number of nitrogens with zero attached hydrogens (tertiary/aromatic N) is 1. The van der Waals surface area contributed by atoms with Gasteiger partial charge in [0, 0.05) is 17.1 Å². The second-order valence-electron chi connectivity index (χ2n) is 5.01. The molecule has 5 nitrogen and oxygen atoms in total. The minimum Gasteiger partial charge on any atom is -0.440 e. The topological polar surface area (TPSA) is 81.2 Å². The molecule has 7 heteroatoms. The van der Waals surface area contributed by atoms with E-state index in [-0.39, 0.29) is 11.2 Å². The van der Waals surface area contributed by atoms with Gasteiger partial charge >= 0.3 is 0 Å². The maximum Gasteiger partial charge on any atom is 0.232 e. The van der Waals surface area contributed by atoms with Crippen LogP contribution in [0.2, 0.25) is 5.02 Å². The van der Waals surface area contributed by atoms with E-state index in [9.17, 15) is 4.79 Å². The van der Waals surface area contributed by atoms with Gasteiger partial charge in [0.25, 0.3) is 0 Å². The summed E-state index contributed by atoms with van der Waals surface area (Å²) >= 11 is 7.36. The highest BCUT2D eigenvalue weighted by molar-refractivity contribution is 7.99. The van der Waals surface area contributed by atoms with Crippen molar-refractivity contribution in [3.8, 4) is 11.3 Å². The molecule has 1 heterocycles. The first-order valence-electron chi connectivity index (χ1n) is 7.40. The van der Waals surface area contributed by atoms with Gasteiger partial charge < -0.3 is 15.5 Å². The van der Waals surface area contributed by atoms with Gasteiger partial charge in [-0.25, -0.2) is 4.98 Å². The number of nitrogens with two attached hydrogens (primary N) is 1. The fourth-order valence-corrected chi connectivity index (χ4v) is 2.74. The summed E-state index contributed by atoms with van der Waals surface area (Å²) in [5.74, 6) is 1.84. The molecule has 0 saturated carbocycles. The van der Waals surface area contributed by atoms with Gasteiger partial charge in [0.05, 0.1) is 17.2 Å². The van der Waals surface area contributed by atoms with Crippen molar-refractivity contribution in [3.63, 3.8) is 0 Å². The van der Waals surface area contributed by atoms with Crippen molar-refractivity contribution in [2.75, 3.05) is 13.1 Å². The van der Waals surface area contributed by atoms with E-state index < -0.39 is 0 Å². The lowest BCUT2D eigenvalue weighted by Crippen LogP contribution is -2.32. The van der Waals surface area contributed by atoms with Crippen molar-refractivity contribution >= 4 is 29.3 Å². The van der Waals surface area contributed by atoms with Gasteiger partial charge in [0.15, 0.2) is 5.76 Å². The van der Waals surface area contributed by atoms with Crippen LogP contribution in [0.4, 0.5) is 0 Å². The lowest BCUT2D eigenvalue weighted by Gasteiger charge is -2.10. The van der Waals surface area contributed by atoms with E-state index in [4.69, 9.17) is 21.8 Å². The van der Waals surface area contributed by atoms with E-state index in [1.807, 2.05) is 31.2 Å². The number of carbonyl (C=O) groups excluding carboxylic acids is 1. The highest BCUT2D eigenvalue weighted by Gasteiger charge is 2.14. The van der Waals surface area contributed by atoms with Crippen LogP contribution in [0.1, 0.15) is 19.2 Å². The fraction of sp³-hybridized carbons (Fsp3) is 0.375. The van der Waals surface area contributed by atoms with Crippen LogP contribution in [-0.2, 0) is 10.5 Å². The zero-order valence-electron chi connectivity index (χ0n) is 12.9. The van der Waals surface area contributed by atoms with Gasteiger partial charge in [-0.2, -0.15) is 0 Å². The van der Waals surface area contributed by atoms with E-state index in [1.165, 1.54) is 11.8 Å². The molecular formula is C16H20ClN3O2S. The number of hydrogen-bond donors (Lipinski definition) is 2. The first kappa shape index (κ1) is 17.8. The van der Waals surface area contributed by atoms with Gasteiger partial charge in [0.1, 0.15) is 0 Å². The molecule has 1 atom stereocenters. The molecule has 0 aliphatic carbocycles. The van der Waals surface area contributed by atoms with E-state index in [0.29, 0.717) is 35.5 Å². The van der Waals surface area contributed by atoms with E-state index >= 15 is 0 Å². The minimum absolute atomic E-state index is 0.00734. The predicted octanol–water partition coefficient (Wildman–Crippen LogP) is 3.08. The largest absolute Gasteiger partial charge is 0.440 e. The maximum atomic E-state index is 11.9. The third-order valence-corrected chi connectivity index (χ3v) is 4.57. The van der Waals surface area contributed by atoms with Crippen LogP contribution in [-0.4, -0.2) is 29.2 Å². The Bertz CT molecular complexity index is 631. The van der Waals surface area contributed by atoms with Gasteiger partial charge in [-0.1, -0.05) is 11.6 Å². The summed E-state index contributed by atoms with van der Waals surface area (Å²) in [4.78, 5) is 16.1. The smallest absolute Gasteiger partial charge is 0.232 e. The molecule has 3 N–H and O–H groups in total. The third kappa shape index (κ3) is 5.57. The molecule has 0 spiro atoms. The highest BCUT2D eigenvalue weighted by Crippen LogP contribution is 2.24. The summed E-state index contributed by atoms with van der Waals surface area (Å²) in [5, 5.41) is 3.36. The average Bonchev–Trinajstić information content (AvgIpc) is 3.02. The molecule has 1 unspecified atom stereocenters. The number of benzene rings is 1. The molecule has 2 rings (SSSR count). The second-order valence-corrected chi connectivity index (χ2v) is 6.78. The number of nitrogens with one attached hydrogen (secondary N) is 1. The highest BCUT2D eigenvalue weighted by atomic mass is 35.5. The van der Waals surface area contributed by atoms with Crippen molar-refractivity contribution < 1.29 is 9.21 Å². The van der Waals surface area contributed by atoms with Crippen LogP contribution >= 0.6 is 23.4 Å². The number of carbonyl (C=O) groups is 1. The zero-order chi connectivity index (χ0) is 16.7. The molecule has 1 aromatic carbocycles. The predicted molar refractivity (Wildman–Crippen MR) is 94.4 cm³/mol. The quantitative estimate of drug-likeness (QED) is 0.713. The molecule has 0 radical (unpaired) electrons. The fourth-order valence-electron chi connectivity index (χ4n) is 1.85. The molecule has 0 aliphatic rings. The van der Waals surface area contributed by atoms with Crippen LogP contribution < -0.4 is 11.1 Å². The Hall–Kier alpha value is -1.50. The summed E-state index contributed by atoms with van der Waals surface area (Å²) in [5.41, 5.74) is 6.32. The Morgan fingerprint density at radius 1 is 1.43 bits per heavy atom. The van der Waals surface area contributed by atoms with Gasteiger partial charge in [0.2, 0.25) is 11.8 Å². The van der Waals surface area contributed by atoms with Gasteiger partial charge in [-0.15, -0.1) is 11.8 Å². The summed E-state index contributed by atoms with van der Waals surface area (Å²) in [7, 11) is 0. The monoisotopic (exact) mass is 353 g/mol. The van der Waals surface area contributed by atoms with Crippen molar-refractivity contribution in [2.45, 2.75) is 24.3 Å². The van der Waals surface area contributed by atoms with E-state index in [2.05, 4.69) is 10.3 Å². The van der Waals surface area contributed by atoms with Crippen molar-refractivity contribution in [1.82, 2.24) is 10.3 Å². The standard InChI is InChI=1S/C16H20ClN3O2S/c1-11(16(21)19-8-2-7-18)23-10-15-20-9-14(22-15)12-3-5-13(17)6-4-12/h3-6,9,11H,2,7-8,10,18H2,1H3,(H,19,21). The lowest BCUT2D eigenvalue weighted by atomic mass is 10.2. The number of hydrogen-bond acceptors (Lipinski definition) is 5. The summed E-state index contributed by atoms with van der Waals surface area (Å²) in [6, 6.07) is 7.38. The molecule has 0 fully saturated rings. The van der Waals surface area contributed by atoms with Crippen LogP contribution in [0.3, 0.4) is 0 Å². The van der Waals surface area contributed by atoms with Crippen LogP contribution in [0.5, 0.6) is 0 Å². The number of rotatable bonds is 8. The SMILES string of the molecule is CC(SCc1ncc(-c2ccc(Cl)cc2)o1)C(=O)NCCCN. The number of thioether (sulfide) groups is 1. The van der Waals surface area contributed by atoms with Crippen molar-refractivity contribution in [1.29, 1.82) is 0 Å². The Labute approximate surface area is 145 Å². The number of aromatic nitrogens is 1. The lowest BCUT2D eigenvalue weighted by molar-refractivity contribution is -0.120. The molecule has 2 aromatic rings. The van der Waals surface area contributed by atoms with Crippen LogP contribution in [0, 0.1) is 0 Å². The zero-order valence-corrected chi connectivity index (χ0v) is 14.5. The van der Waals surface area contributed by atoms with Gasteiger partial charge in [-0.05, 0) is 44.2 Å². The van der Waals surface area contributed by atoms with Crippen molar-refractivity contribution in [2.24, 2.45) is 5.73 Å². The van der Waals surface area contributed by atoms with Crippen LogP contribution in [0.25, 0.3) is 11.3 Å². The van der Waals surface area contributed by atoms with Crippen LogP contribution in [0.15, 0.2) is 34.9 Å². The summed E-state index contributed by atoms with van der Waals surface area (Å²) in [6.07, 6.45) is 2.47. The summed E-state index contributed by atoms with van der Waals surface area (Å²) in [6.45, 7) is 3.05. The third-order valence-electron chi connectivity index (χ3n) is 3.19. The number of halogens is 1. The molecule has 124 valence electrons. The van der Waals surface area contributed by atoms with Gasteiger partial charge in [-0.3, -0.25) is 4.79 Å². The number of oxazole rings is 1. The second kappa shape index (κ2) is 8.96. The first-order chi connectivity index (χ1) is 11.1. The summed E-state index contributed by atoms with van der Waals surface area (Å²) < 4.78 is 5.71. The molecule has 1 amide bonds. The minimum atomic E-state index is -0.168. The Kier molecular flexibility index (Phi) is 6.95. The maximum absolute atomic E-state index is 11.9. The molecule has 0 saturated heterocycles. The Balaban J connectivity index is 1.84. The normalized spacial score (nSPS) is 12.1. The first-order valence-corrected chi connectivity index (χ1v) is 8.83.